The molecule has 0 aliphatic heterocycles. The van der Waals surface area contributed by atoms with Crippen LogP contribution in [0.3, 0.4) is 0 Å². The molecule has 124 valence electrons. The Bertz CT molecular complexity index is 407. The highest BCUT2D eigenvalue weighted by atomic mass is 16.3. The molecule has 2 atom stereocenters. The second-order valence-corrected chi connectivity index (χ2v) is 5.41. The molecule has 6 nitrogen and oxygen atoms in total. The van der Waals surface area contributed by atoms with Crippen LogP contribution in [0, 0.1) is 5.92 Å². The summed E-state index contributed by atoms with van der Waals surface area (Å²) in [6, 6.07) is 0. The van der Waals surface area contributed by atoms with Crippen LogP contribution in [0.2, 0.25) is 0 Å². The number of unbranched alkanes of at least 4 members (excludes halogenated alkanes) is 1. The number of hydrogen-bond donors (Lipinski definition) is 4. The summed E-state index contributed by atoms with van der Waals surface area (Å²) >= 11 is 0. The highest BCUT2D eigenvalue weighted by Gasteiger charge is 2.20. The Morgan fingerprint density at radius 3 is 2.77 bits per heavy atom. The van der Waals surface area contributed by atoms with E-state index in [1.54, 1.807) is 12.2 Å². The number of carbonyl (C=O) groups excluding carboxylic acids is 2. The van der Waals surface area contributed by atoms with Gasteiger partial charge in [-0.2, -0.15) is 0 Å². The zero-order valence-electron chi connectivity index (χ0n) is 13.0. The maximum absolute atomic E-state index is 11.6. The SMILES string of the molecule is NCCCCNCCCNC(=O)C=CC1C=CC(O)C(=O)C1. The number of nitrogens with one attached hydrogen (secondary N) is 2. The average molecular weight is 309 g/mol. The molecular formula is C16H27N3O3. The summed E-state index contributed by atoms with van der Waals surface area (Å²) < 4.78 is 0. The van der Waals surface area contributed by atoms with Crippen molar-refractivity contribution in [1.82, 2.24) is 10.6 Å². The highest BCUT2D eigenvalue weighted by Crippen LogP contribution is 2.15. The van der Waals surface area contributed by atoms with Crippen LogP contribution in [-0.2, 0) is 9.59 Å². The number of allylic oxidation sites excluding steroid dienone is 2. The van der Waals surface area contributed by atoms with Gasteiger partial charge in [0.25, 0.3) is 0 Å². The summed E-state index contributed by atoms with van der Waals surface area (Å²) in [5, 5.41) is 15.3. The minimum Gasteiger partial charge on any atom is -0.381 e. The second kappa shape index (κ2) is 11.1. The van der Waals surface area contributed by atoms with Crippen LogP contribution in [0.15, 0.2) is 24.3 Å². The molecule has 1 aliphatic carbocycles. The Kier molecular flexibility index (Phi) is 9.37. The summed E-state index contributed by atoms with van der Waals surface area (Å²) in [5.41, 5.74) is 5.40. The smallest absolute Gasteiger partial charge is 0.243 e. The van der Waals surface area contributed by atoms with E-state index in [1.165, 1.54) is 12.2 Å². The first-order chi connectivity index (χ1) is 10.6. The third-order valence-electron chi connectivity index (χ3n) is 3.44. The van der Waals surface area contributed by atoms with Gasteiger partial charge in [0.05, 0.1) is 0 Å². The molecule has 0 radical (unpaired) electrons. The van der Waals surface area contributed by atoms with Crippen molar-refractivity contribution in [2.75, 3.05) is 26.2 Å². The molecule has 0 fully saturated rings. The van der Waals surface area contributed by atoms with Crippen molar-refractivity contribution in [1.29, 1.82) is 0 Å². The predicted octanol–water partition coefficient (Wildman–Crippen LogP) is -0.116. The molecule has 22 heavy (non-hydrogen) atoms. The van der Waals surface area contributed by atoms with Gasteiger partial charge in [0.2, 0.25) is 5.91 Å². The van der Waals surface area contributed by atoms with Gasteiger partial charge in [-0.3, -0.25) is 9.59 Å². The monoisotopic (exact) mass is 309 g/mol. The molecule has 0 spiro atoms. The van der Waals surface area contributed by atoms with Gasteiger partial charge in [-0.25, -0.2) is 0 Å². The number of carbonyl (C=O) groups is 2. The fraction of sp³-hybridized carbons (Fsp3) is 0.625. The van der Waals surface area contributed by atoms with Gasteiger partial charge in [-0.15, -0.1) is 0 Å². The lowest BCUT2D eigenvalue weighted by molar-refractivity contribution is -0.126. The Balaban J connectivity index is 2.07. The zero-order chi connectivity index (χ0) is 16.2. The normalized spacial score (nSPS) is 21.5. The van der Waals surface area contributed by atoms with E-state index in [9.17, 15) is 14.7 Å². The van der Waals surface area contributed by atoms with Gasteiger partial charge < -0.3 is 21.5 Å². The van der Waals surface area contributed by atoms with Crippen molar-refractivity contribution >= 4 is 11.7 Å². The fourth-order valence-corrected chi connectivity index (χ4v) is 2.12. The van der Waals surface area contributed by atoms with Gasteiger partial charge in [0.15, 0.2) is 5.78 Å². The summed E-state index contributed by atoms with van der Waals surface area (Å²) in [6.45, 7) is 3.17. The van der Waals surface area contributed by atoms with Crippen LogP contribution in [-0.4, -0.2) is 49.1 Å². The number of hydrogen-bond acceptors (Lipinski definition) is 5. The van der Waals surface area contributed by atoms with E-state index in [1.807, 2.05) is 0 Å². The number of Topliss-reactive ketones (excluding diaryl/α,β-unsaturated/α-hetero) is 1. The van der Waals surface area contributed by atoms with E-state index < -0.39 is 6.10 Å². The van der Waals surface area contributed by atoms with Gasteiger partial charge in [-0.05, 0) is 45.0 Å². The fourth-order valence-electron chi connectivity index (χ4n) is 2.12. The van der Waals surface area contributed by atoms with E-state index in [4.69, 9.17) is 5.73 Å². The van der Waals surface area contributed by atoms with Crippen LogP contribution in [0.25, 0.3) is 0 Å². The van der Waals surface area contributed by atoms with E-state index in [0.717, 1.165) is 38.9 Å². The molecule has 5 N–H and O–H groups in total. The topological polar surface area (TPSA) is 104 Å². The van der Waals surface area contributed by atoms with Crippen molar-refractivity contribution in [2.24, 2.45) is 11.7 Å². The molecule has 0 saturated carbocycles. The number of aliphatic hydroxyl groups is 1. The van der Waals surface area contributed by atoms with Crippen LogP contribution in [0.4, 0.5) is 0 Å². The Hall–Kier alpha value is -1.50. The van der Waals surface area contributed by atoms with Crippen LogP contribution < -0.4 is 16.4 Å². The number of rotatable bonds is 10. The lowest BCUT2D eigenvalue weighted by Crippen LogP contribution is -2.27. The van der Waals surface area contributed by atoms with Gasteiger partial charge in [-0.1, -0.05) is 18.2 Å². The lowest BCUT2D eigenvalue weighted by Gasteiger charge is -2.15. The van der Waals surface area contributed by atoms with Crippen molar-refractivity contribution in [3.8, 4) is 0 Å². The van der Waals surface area contributed by atoms with E-state index in [-0.39, 0.29) is 24.0 Å². The number of nitrogens with two attached hydrogens (primary N) is 1. The number of amides is 1. The molecule has 0 aromatic rings. The van der Waals surface area contributed by atoms with Gasteiger partial charge in [0.1, 0.15) is 6.10 Å². The maximum atomic E-state index is 11.6. The third kappa shape index (κ3) is 8.07. The van der Waals surface area contributed by atoms with Crippen molar-refractivity contribution < 1.29 is 14.7 Å². The van der Waals surface area contributed by atoms with E-state index in [2.05, 4.69) is 10.6 Å². The first-order valence-corrected chi connectivity index (χ1v) is 7.89. The highest BCUT2D eigenvalue weighted by molar-refractivity contribution is 5.88. The van der Waals surface area contributed by atoms with Crippen LogP contribution in [0.1, 0.15) is 25.7 Å². The summed E-state index contributed by atoms with van der Waals surface area (Å²) in [5.74, 6) is -0.473. The minimum atomic E-state index is -0.990. The molecule has 2 unspecified atom stereocenters. The van der Waals surface area contributed by atoms with Gasteiger partial charge >= 0.3 is 0 Å². The van der Waals surface area contributed by atoms with Crippen molar-refractivity contribution in [3.63, 3.8) is 0 Å². The molecule has 1 aliphatic rings. The lowest BCUT2D eigenvalue weighted by atomic mass is 9.93. The van der Waals surface area contributed by atoms with Crippen LogP contribution in [0.5, 0.6) is 0 Å². The van der Waals surface area contributed by atoms with E-state index >= 15 is 0 Å². The second-order valence-electron chi connectivity index (χ2n) is 5.41. The zero-order valence-corrected chi connectivity index (χ0v) is 13.0. The molecule has 0 bridgehead atoms. The minimum absolute atomic E-state index is 0.106. The summed E-state index contributed by atoms with van der Waals surface area (Å²) in [4.78, 5) is 23.0. The van der Waals surface area contributed by atoms with Crippen molar-refractivity contribution in [3.05, 3.63) is 24.3 Å². The first kappa shape index (κ1) is 18.5. The van der Waals surface area contributed by atoms with Crippen LogP contribution >= 0.6 is 0 Å². The molecule has 6 heteroatoms. The average Bonchev–Trinajstić information content (AvgIpc) is 2.51. The first-order valence-electron chi connectivity index (χ1n) is 7.89. The Labute approximate surface area is 131 Å². The standard InChI is InChI=1S/C16H27N3O3/c17-8-1-2-9-18-10-3-11-19-16(22)7-5-13-4-6-14(20)15(21)12-13/h4-7,13-14,18,20H,1-3,8-12,17H2,(H,19,22). The summed E-state index contributed by atoms with van der Waals surface area (Å²) in [7, 11) is 0. The molecule has 0 aromatic carbocycles. The van der Waals surface area contributed by atoms with Gasteiger partial charge in [0, 0.05) is 18.9 Å². The third-order valence-corrected chi connectivity index (χ3v) is 3.44. The molecule has 0 aromatic heterocycles. The van der Waals surface area contributed by atoms with E-state index in [0.29, 0.717) is 6.54 Å². The quantitative estimate of drug-likeness (QED) is 0.256. The van der Waals surface area contributed by atoms with Crippen molar-refractivity contribution in [2.45, 2.75) is 31.8 Å². The molecule has 1 amide bonds. The maximum Gasteiger partial charge on any atom is 0.243 e. The molecule has 1 rings (SSSR count). The molecule has 0 saturated heterocycles. The number of ketones is 1. The summed E-state index contributed by atoms with van der Waals surface area (Å²) in [6.07, 6.45) is 8.60. The largest absolute Gasteiger partial charge is 0.381 e. The number of aliphatic hydroxyl groups excluding tert-OH is 1. The predicted molar refractivity (Wildman–Crippen MR) is 86.2 cm³/mol. The Morgan fingerprint density at radius 1 is 1.27 bits per heavy atom. The Morgan fingerprint density at radius 2 is 2.05 bits per heavy atom. The molecule has 0 heterocycles. The molecular weight excluding hydrogens is 282 g/mol.